The van der Waals surface area contributed by atoms with E-state index in [1.165, 1.54) is 19.4 Å². The minimum absolute atomic E-state index is 0.0659. The Morgan fingerprint density at radius 2 is 1.97 bits per heavy atom. The van der Waals surface area contributed by atoms with Gasteiger partial charge in [-0.05, 0) is 38.1 Å². The van der Waals surface area contributed by atoms with E-state index in [1.807, 2.05) is 20.8 Å². The lowest BCUT2D eigenvalue weighted by Crippen LogP contribution is -2.49. The Balaban J connectivity index is 2.03. The number of fused-ring (bicyclic) bond motifs is 1. The van der Waals surface area contributed by atoms with Crippen molar-refractivity contribution >= 4 is 23.6 Å². The van der Waals surface area contributed by atoms with Crippen molar-refractivity contribution in [2.45, 2.75) is 32.9 Å². The number of carboxylic acid groups (broad SMARTS) is 1. The summed E-state index contributed by atoms with van der Waals surface area (Å²) in [5.74, 6) is -0.486. The van der Waals surface area contributed by atoms with Crippen LogP contribution in [0.1, 0.15) is 41.5 Å². The molecule has 9 heteroatoms. The van der Waals surface area contributed by atoms with E-state index in [0.717, 1.165) is 4.90 Å². The quantitative estimate of drug-likeness (QED) is 0.739. The highest BCUT2D eigenvalue weighted by Gasteiger charge is 2.34. The average molecular weight is 441 g/mol. The summed E-state index contributed by atoms with van der Waals surface area (Å²) in [5, 5.41) is 12.2. The van der Waals surface area contributed by atoms with Crippen LogP contribution < -0.4 is 10.1 Å². The van der Waals surface area contributed by atoms with Crippen molar-refractivity contribution in [2.75, 3.05) is 25.5 Å². The summed E-state index contributed by atoms with van der Waals surface area (Å²) >= 11 is 0. The highest BCUT2D eigenvalue weighted by molar-refractivity contribution is 6.07. The molecule has 1 aliphatic rings. The Morgan fingerprint density at radius 3 is 2.59 bits per heavy atom. The topological polar surface area (TPSA) is 112 Å². The van der Waals surface area contributed by atoms with Gasteiger partial charge >= 0.3 is 6.09 Å². The van der Waals surface area contributed by atoms with Gasteiger partial charge in [-0.2, -0.15) is 0 Å². The molecule has 0 unspecified atom stereocenters. The van der Waals surface area contributed by atoms with Gasteiger partial charge < -0.3 is 25.0 Å². The Morgan fingerprint density at radius 1 is 1.28 bits per heavy atom. The number of aromatic nitrogens is 1. The van der Waals surface area contributed by atoms with E-state index in [0.29, 0.717) is 23.4 Å². The number of amides is 3. The molecule has 0 aliphatic carbocycles. The maximum absolute atomic E-state index is 13.3. The maximum atomic E-state index is 13.3. The van der Waals surface area contributed by atoms with E-state index < -0.39 is 12.2 Å². The van der Waals surface area contributed by atoms with Crippen molar-refractivity contribution in [3.63, 3.8) is 0 Å². The van der Waals surface area contributed by atoms with Gasteiger partial charge in [-0.25, -0.2) is 4.79 Å². The van der Waals surface area contributed by atoms with Crippen LogP contribution in [-0.2, 0) is 0 Å². The number of pyridine rings is 1. The molecule has 1 aliphatic heterocycles. The van der Waals surface area contributed by atoms with E-state index in [9.17, 15) is 19.5 Å². The number of benzene rings is 1. The molecule has 1 aromatic heterocycles. The van der Waals surface area contributed by atoms with Crippen LogP contribution in [0.4, 0.5) is 10.5 Å². The third kappa shape index (κ3) is 4.99. The molecule has 3 rings (SSSR count). The SMILES string of the molecule is CC(C)N1C[C@@H](C)[C@H](CN(C)C(=O)O)Oc2c(NC(=O)c3ccncc3)cccc2C1=O. The van der Waals surface area contributed by atoms with E-state index in [2.05, 4.69) is 10.3 Å². The summed E-state index contributed by atoms with van der Waals surface area (Å²) in [6.45, 7) is 6.32. The molecule has 2 heterocycles. The summed E-state index contributed by atoms with van der Waals surface area (Å²) in [4.78, 5) is 44.3. The van der Waals surface area contributed by atoms with Gasteiger partial charge in [0.25, 0.3) is 11.8 Å². The van der Waals surface area contributed by atoms with E-state index in [1.54, 1.807) is 35.2 Å². The van der Waals surface area contributed by atoms with Gasteiger partial charge in [-0.3, -0.25) is 14.6 Å². The first-order valence-electron chi connectivity index (χ1n) is 10.4. The predicted molar refractivity (Wildman–Crippen MR) is 119 cm³/mol. The molecule has 0 bridgehead atoms. The fourth-order valence-electron chi connectivity index (χ4n) is 3.57. The van der Waals surface area contributed by atoms with Gasteiger partial charge in [0.05, 0.1) is 17.8 Å². The average Bonchev–Trinajstić information content (AvgIpc) is 2.76. The van der Waals surface area contributed by atoms with Crippen LogP contribution in [-0.4, -0.2) is 70.1 Å². The first-order valence-corrected chi connectivity index (χ1v) is 10.4. The summed E-state index contributed by atoms with van der Waals surface area (Å²) < 4.78 is 6.26. The van der Waals surface area contributed by atoms with Gasteiger partial charge in [0, 0.05) is 43.5 Å². The number of nitrogens with zero attached hydrogens (tertiary/aromatic N) is 3. The smallest absolute Gasteiger partial charge is 0.407 e. The van der Waals surface area contributed by atoms with Crippen molar-refractivity contribution in [1.82, 2.24) is 14.8 Å². The molecule has 2 aromatic rings. The zero-order valence-corrected chi connectivity index (χ0v) is 18.6. The van der Waals surface area contributed by atoms with Crippen LogP contribution in [0.3, 0.4) is 0 Å². The van der Waals surface area contributed by atoms with Gasteiger partial charge in [0.1, 0.15) is 6.10 Å². The number of rotatable bonds is 5. The lowest BCUT2D eigenvalue weighted by atomic mass is 9.99. The summed E-state index contributed by atoms with van der Waals surface area (Å²) in [5.41, 5.74) is 1.08. The molecule has 0 spiro atoms. The second-order valence-electron chi connectivity index (χ2n) is 8.22. The largest absolute Gasteiger partial charge is 0.485 e. The van der Waals surface area contributed by atoms with Crippen LogP contribution in [0, 0.1) is 5.92 Å². The highest BCUT2D eigenvalue weighted by atomic mass is 16.5. The van der Waals surface area contributed by atoms with Crippen molar-refractivity contribution in [3.8, 4) is 5.75 Å². The van der Waals surface area contributed by atoms with Crippen molar-refractivity contribution in [3.05, 3.63) is 53.9 Å². The van der Waals surface area contributed by atoms with Crippen molar-refractivity contribution in [1.29, 1.82) is 0 Å². The van der Waals surface area contributed by atoms with Crippen molar-refractivity contribution in [2.24, 2.45) is 5.92 Å². The van der Waals surface area contributed by atoms with Crippen LogP contribution >= 0.6 is 0 Å². The normalized spacial score (nSPS) is 18.3. The Labute approximate surface area is 187 Å². The predicted octanol–water partition coefficient (Wildman–Crippen LogP) is 3.19. The third-order valence-electron chi connectivity index (χ3n) is 5.49. The number of ether oxygens (including phenoxy) is 1. The van der Waals surface area contributed by atoms with Crippen LogP contribution in [0.15, 0.2) is 42.7 Å². The molecule has 0 saturated heterocycles. The third-order valence-corrected chi connectivity index (χ3v) is 5.49. The minimum atomic E-state index is -1.07. The molecule has 0 saturated carbocycles. The lowest BCUT2D eigenvalue weighted by molar-refractivity contribution is 0.0437. The minimum Gasteiger partial charge on any atom is -0.485 e. The fourth-order valence-corrected chi connectivity index (χ4v) is 3.57. The molecular weight excluding hydrogens is 412 g/mol. The number of carbonyl (C=O) groups excluding carboxylic acids is 2. The van der Waals surface area contributed by atoms with Gasteiger partial charge in [0.15, 0.2) is 5.75 Å². The van der Waals surface area contributed by atoms with E-state index in [-0.39, 0.29) is 36.1 Å². The molecule has 1 aromatic carbocycles. The highest BCUT2D eigenvalue weighted by Crippen LogP contribution is 2.35. The summed E-state index contributed by atoms with van der Waals surface area (Å²) in [6.07, 6.45) is 1.44. The molecule has 0 fully saturated rings. The lowest BCUT2D eigenvalue weighted by Gasteiger charge is -2.37. The van der Waals surface area contributed by atoms with Gasteiger partial charge in [0.2, 0.25) is 0 Å². The van der Waals surface area contributed by atoms with Gasteiger partial charge in [-0.15, -0.1) is 0 Å². The van der Waals surface area contributed by atoms with Crippen LogP contribution in [0.5, 0.6) is 5.75 Å². The Bertz CT molecular complexity index is 995. The second-order valence-corrected chi connectivity index (χ2v) is 8.22. The number of anilines is 1. The molecular formula is C23H28N4O5. The number of nitrogens with one attached hydrogen (secondary N) is 1. The molecule has 170 valence electrons. The van der Waals surface area contributed by atoms with Gasteiger partial charge in [-0.1, -0.05) is 13.0 Å². The number of para-hydroxylation sites is 1. The summed E-state index contributed by atoms with van der Waals surface area (Å²) in [7, 11) is 1.47. The number of carbonyl (C=O) groups is 3. The van der Waals surface area contributed by atoms with Crippen LogP contribution in [0.2, 0.25) is 0 Å². The number of likely N-dealkylation sites (N-methyl/N-ethyl adjacent to an activating group) is 1. The first-order chi connectivity index (χ1) is 15.2. The summed E-state index contributed by atoms with van der Waals surface area (Å²) in [6, 6.07) is 8.11. The fraction of sp³-hybridized carbons (Fsp3) is 0.391. The number of hydrogen-bond acceptors (Lipinski definition) is 5. The molecule has 0 radical (unpaired) electrons. The Hall–Kier alpha value is -3.62. The molecule has 2 N–H and O–H groups in total. The second kappa shape index (κ2) is 9.67. The maximum Gasteiger partial charge on any atom is 0.407 e. The molecule has 2 atom stereocenters. The zero-order valence-electron chi connectivity index (χ0n) is 18.6. The van der Waals surface area contributed by atoms with E-state index in [4.69, 9.17) is 4.74 Å². The van der Waals surface area contributed by atoms with E-state index >= 15 is 0 Å². The molecule has 9 nitrogen and oxygen atoms in total. The first kappa shape index (κ1) is 23.1. The standard InChI is InChI=1S/C23H28N4O5/c1-14(2)27-12-15(3)19(13-26(4)23(30)31)32-20-17(22(27)29)6-5-7-18(20)25-21(28)16-8-10-24-11-9-16/h5-11,14-15,19H,12-13H2,1-4H3,(H,25,28)(H,30,31)/t15-,19+/m1/s1. The zero-order chi connectivity index (χ0) is 23.4. The Kier molecular flexibility index (Phi) is 6.97. The van der Waals surface area contributed by atoms with Crippen LogP contribution in [0.25, 0.3) is 0 Å². The monoisotopic (exact) mass is 440 g/mol. The molecule has 3 amide bonds. The molecule has 32 heavy (non-hydrogen) atoms. The number of hydrogen-bond donors (Lipinski definition) is 2. The van der Waals surface area contributed by atoms with Crippen molar-refractivity contribution < 1.29 is 24.2 Å².